The van der Waals surface area contributed by atoms with Gasteiger partial charge in [-0.15, -0.1) is 0 Å². The van der Waals surface area contributed by atoms with Crippen LogP contribution in [0.2, 0.25) is 0 Å². The van der Waals surface area contributed by atoms with E-state index in [0.717, 1.165) is 51.1 Å². The number of halogens is 1. The predicted octanol–water partition coefficient (Wildman–Crippen LogP) is 2.59. The number of likely N-dealkylation sites (tertiary alicyclic amines) is 1. The van der Waals surface area contributed by atoms with E-state index in [4.69, 9.17) is 4.74 Å². The molecular formula is C20H30FN3O. The number of hydrogen-bond acceptors (Lipinski definition) is 4. The molecule has 1 atom stereocenters. The molecule has 3 fully saturated rings. The van der Waals surface area contributed by atoms with Gasteiger partial charge in [-0.25, -0.2) is 4.39 Å². The molecule has 0 amide bonds. The standard InChI is InChI=1S/C20H30FN3O/c21-17-3-5-18(6-4-17)22-10-12-23(13-11-22)20-2-1-9-24(16-20)19-7-14-25-15-8-19/h3-6,19-20H,1-2,7-16H2/t20-/m1/s1. The van der Waals surface area contributed by atoms with Gasteiger partial charge >= 0.3 is 0 Å². The maximum atomic E-state index is 13.1. The molecule has 138 valence electrons. The van der Waals surface area contributed by atoms with E-state index in [-0.39, 0.29) is 5.82 Å². The second-order valence-corrected chi connectivity index (χ2v) is 7.63. The van der Waals surface area contributed by atoms with E-state index >= 15 is 0 Å². The number of benzene rings is 1. The molecule has 3 heterocycles. The van der Waals surface area contributed by atoms with E-state index in [0.29, 0.717) is 6.04 Å². The molecule has 0 aromatic heterocycles. The molecule has 0 N–H and O–H groups in total. The number of piperidine rings is 1. The fraction of sp³-hybridized carbons (Fsp3) is 0.700. The summed E-state index contributed by atoms with van der Waals surface area (Å²) in [4.78, 5) is 7.80. The van der Waals surface area contributed by atoms with Crippen molar-refractivity contribution in [3.05, 3.63) is 30.1 Å². The Morgan fingerprint density at radius 3 is 2.24 bits per heavy atom. The van der Waals surface area contributed by atoms with Gasteiger partial charge in [-0.1, -0.05) is 0 Å². The topological polar surface area (TPSA) is 19.0 Å². The summed E-state index contributed by atoms with van der Waals surface area (Å²) in [6.45, 7) is 8.66. The SMILES string of the molecule is Fc1ccc(N2CCN([C@@H]3CCCN(C4CCOCC4)C3)CC2)cc1. The fourth-order valence-electron chi connectivity index (χ4n) is 4.66. The van der Waals surface area contributed by atoms with Crippen molar-refractivity contribution in [2.24, 2.45) is 0 Å². The van der Waals surface area contributed by atoms with Gasteiger partial charge in [0.2, 0.25) is 0 Å². The van der Waals surface area contributed by atoms with E-state index in [1.165, 1.54) is 38.8 Å². The Balaban J connectivity index is 1.30. The summed E-state index contributed by atoms with van der Waals surface area (Å²) in [6, 6.07) is 8.37. The lowest BCUT2D eigenvalue weighted by molar-refractivity contribution is 0.00599. The first kappa shape index (κ1) is 17.3. The van der Waals surface area contributed by atoms with E-state index in [1.807, 2.05) is 12.1 Å². The van der Waals surface area contributed by atoms with Crippen LogP contribution in [0.25, 0.3) is 0 Å². The van der Waals surface area contributed by atoms with Gasteiger partial charge in [-0.2, -0.15) is 0 Å². The fourth-order valence-corrected chi connectivity index (χ4v) is 4.66. The second-order valence-electron chi connectivity index (χ2n) is 7.63. The highest BCUT2D eigenvalue weighted by atomic mass is 19.1. The molecule has 1 aromatic carbocycles. The van der Waals surface area contributed by atoms with Gasteiger partial charge in [0.05, 0.1) is 0 Å². The van der Waals surface area contributed by atoms with Crippen molar-refractivity contribution in [1.82, 2.24) is 9.80 Å². The summed E-state index contributed by atoms with van der Waals surface area (Å²) in [5.41, 5.74) is 1.15. The molecule has 4 nitrogen and oxygen atoms in total. The van der Waals surface area contributed by atoms with E-state index in [1.54, 1.807) is 12.1 Å². The van der Waals surface area contributed by atoms with E-state index in [2.05, 4.69) is 14.7 Å². The van der Waals surface area contributed by atoms with Crippen LogP contribution in [0, 0.1) is 5.82 Å². The molecule has 0 unspecified atom stereocenters. The molecule has 1 aromatic rings. The summed E-state index contributed by atoms with van der Waals surface area (Å²) in [5, 5.41) is 0. The van der Waals surface area contributed by atoms with Gasteiger partial charge in [0, 0.05) is 63.7 Å². The largest absolute Gasteiger partial charge is 0.381 e. The summed E-state index contributed by atoms with van der Waals surface area (Å²) < 4.78 is 18.6. The average Bonchev–Trinajstić information content (AvgIpc) is 2.70. The highest BCUT2D eigenvalue weighted by Crippen LogP contribution is 2.24. The van der Waals surface area contributed by atoms with Crippen molar-refractivity contribution >= 4 is 5.69 Å². The van der Waals surface area contributed by atoms with Gasteiger partial charge < -0.3 is 9.64 Å². The Bertz CT molecular complexity index is 538. The number of hydrogen-bond donors (Lipinski definition) is 0. The highest BCUT2D eigenvalue weighted by molar-refractivity contribution is 5.46. The zero-order valence-electron chi connectivity index (χ0n) is 15.1. The van der Waals surface area contributed by atoms with Crippen molar-refractivity contribution in [3.63, 3.8) is 0 Å². The molecule has 0 radical (unpaired) electrons. The van der Waals surface area contributed by atoms with Crippen LogP contribution >= 0.6 is 0 Å². The zero-order chi connectivity index (χ0) is 17.1. The second kappa shape index (κ2) is 8.02. The zero-order valence-corrected chi connectivity index (χ0v) is 15.1. The first-order valence-corrected chi connectivity index (χ1v) is 9.86. The quantitative estimate of drug-likeness (QED) is 0.836. The Hall–Kier alpha value is -1.17. The van der Waals surface area contributed by atoms with Gasteiger partial charge in [0.15, 0.2) is 0 Å². The lowest BCUT2D eigenvalue weighted by Crippen LogP contribution is -2.56. The van der Waals surface area contributed by atoms with E-state index < -0.39 is 0 Å². The van der Waals surface area contributed by atoms with Crippen LogP contribution in [0.3, 0.4) is 0 Å². The molecular weight excluding hydrogens is 317 g/mol. The maximum absolute atomic E-state index is 13.1. The Labute approximate surface area is 150 Å². The third kappa shape index (κ3) is 4.15. The highest BCUT2D eigenvalue weighted by Gasteiger charge is 2.31. The molecule has 0 saturated carbocycles. The minimum Gasteiger partial charge on any atom is -0.381 e. The number of piperazine rings is 1. The van der Waals surface area contributed by atoms with E-state index in [9.17, 15) is 4.39 Å². The summed E-state index contributed by atoms with van der Waals surface area (Å²) in [5.74, 6) is -0.155. The van der Waals surface area contributed by atoms with Crippen molar-refractivity contribution in [1.29, 1.82) is 0 Å². The number of rotatable bonds is 3. The Kier molecular flexibility index (Phi) is 5.54. The Morgan fingerprint density at radius 1 is 0.800 bits per heavy atom. The molecule has 0 aliphatic carbocycles. The number of ether oxygens (including phenoxy) is 1. The molecule has 0 spiro atoms. The first-order valence-electron chi connectivity index (χ1n) is 9.86. The lowest BCUT2D eigenvalue weighted by Gasteiger charge is -2.46. The molecule has 0 bridgehead atoms. The van der Waals surface area contributed by atoms with Crippen molar-refractivity contribution in [3.8, 4) is 0 Å². The van der Waals surface area contributed by atoms with Crippen LogP contribution < -0.4 is 4.90 Å². The monoisotopic (exact) mass is 347 g/mol. The summed E-state index contributed by atoms with van der Waals surface area (Å²) >= 11 is 0. The van der Waals surface area contributed by atoms with Gasteiger partial charge in [-0.05, 0) is 56.5 Å². The average molecular weight is 347 g/mol. The number of nitrogens with zero attached hydrogens (tertiary/aromatic N) is 3. The normalized spacial score (nSPS) is 27.6. The van der Waals surface area contributed by atoms with Gasteiger partial charge in [0.25, 0.3) is 0 Å². The van der Waals surface area contributed by atoms with Crippen molar-refractivity contribution in [2.45, 2.75) is 37.8 Å². The molecule has 3 saturated heterocycles. The van der Waals surface area contributed by atoms with Crippen LogP contribution in [0.5, 0.6) is 0 Å². The van der Waals surface area contributed by atoms with Crippen LogP contribution in [0.15, 0.2) is 24.3 Å². The third-order valence-corrected chi connectivity index (χ3v) is 6.16. The third-order valence-electron chi connectivity index (χ3n) is 6.16. The summed E-state index contributed by atoms with van der Waals surface area (Å²) in [6.07, 6.45) is 5.05. The van der Waals surface area contributed by atoms with Crippen LogP contribution in [0.1, 0.15) is 25.7 Å². The van der Waals surface area contributed by atoms with Crippen LogP contribution in [0.4, 0.5) is 10.1 Å². The Morgan fingerprint density at radius 2 is 1.52 bits per heavy atom. The van der Waals surface area contributed by atoms with Crippen molar-refractivity contribution < 1.29 is 9.13 Å². The van der Waals surface area contributed by atoms with Gasteiger partial charge in [-0.3, -0.25) is 9.80 Å². The van der Waals surface area contributed by atoms with Crippen LogP contribution in [-0.2, 0) is 4.74 Å². The van der Waals surface area contributed by atoms with Gasteiger partial charge in [0.1, 0.15) is 5.82 Å². The van der Waals surface area contributed by atoms with Crippen LogP contribution in [-0.4, -0.2) is 74.4 Å². The number of anilines is 1. The minimum atomic E-state index is -0.155. The molecule has 3 aliphatic heterocycles. The molecule has 4 rings (SSSR count). The molecule has 25 heavy (non-hydrogen) atoms. The smallest absolute Gasteiger partial charge is 0.123 e. The lowest BCUT2D eigenvalue weighted by atomic mass is 9.98. The van der Waals surface area contributed by atoms with Crippen molar-refractivity contribution in [2.75, 3.05) is 57.4 Å². The molecule has 3 aliphatic rings. The summed E-state index contributed by atoms with van der Waals surface area (Å²) in [7, 11) is 0. The first-order chi connectivity index (χ1) is 12.3. The maximum Gasteiger partial charge on any atom is 0.123 e. The minimum absolute atomic E-state index is 0.155. The predicted molar refractivity (Wildman–Crippen MR) is 98.6 cm³/mol. The molecule has 5 heteroatoms.